The monoisotopic (exact) mass is 276 g/mol. The number of hydrogen-bond acceptors (Lipinski definition) is 2. The number of hydrogen-bond donors (Lipinski definition) is 1. The van der Waals surface area contributed by atoms with Gasteiger partial charge in [0, 0.05) is 18.7 Å². The molecule has 1 aromatic carbocycles. The molecule has 0 saturated heterocycles. The second-order valence-electron chi connectivity index (χ2n) is 6.26. The number of benzene rings is 1. The Morgan fingerprint density at radius 1 is 1.15 bits per heavy atom. The fraction of sp³-hybridized carbons (Fsp3) is 0.588. The van der Waals surface area contributed by atoms with Crippen LogP contribution in [-0.2, 0) is 5.41 Å². The van der Waals surface area contributed by atoms with Gasteiger partial charge < -0.3 is 10.6 Å². The molecule has 3 nitrogen and oxygen atoms in total. The van der Waals surface area contributed by atoms with Crippen LogP contribution in [0.2, 0.25) is 0 Å². The Morgan fingerprint density at radius 3 is 2.20 bits per heavy atom. The topological polar surface area (TPSA) is 46.3 Å². The van der Waals surface area contributed by atoms with Crippen molar-refractivity contribution in [3.8, 4) is 0 Å². The molecule has 0 fully saturated rings. The lowest BCUT2D eigenvalue weighted by Gasteiger charge is -2.23. The molecule has 0 saturated carbocycles. The Labute approximate surface area is 123 Å². The summed E-state index contributed by atoms with van der Waals surface area (Å²) in [5, 5.41) is 0. The molecule has 112 valence electrons. The summed E-state index contributed by atoms with van der Waals surface area (Å²) in [7, 11) is 0. The first-order chi connectivity index (χ1) is 9.40. The van der Waals surface area contributed by atoms with Crippen molar-refractivity contribution < 1.29 is 4.79 Å². The zero-order chi connectivity index (χ0) is 15.2. The Bertz CT molecular complexity index is 418. The summed E-state index contributed by atoms with van der Waals surface area (Å²) in [5.74, 6) is 0.112. The van der Waals surface area contributed by atoms with Crippen LogP contribution in [0.15, 0.2) is 24.3 Å². The highest BCUT2D eigenvalue weighted by molar-refractivity contribution is 5.94. The predicted octanol–water partition coefficient (Wildman–Crippen LogP) is 3.19. The smallest absolute Gasteiger partial charge is 0.253 e. The quantitative estimate of drug-likeness (QED) is 0.867. The Hall–Kier alpha value is -1.35. The van der Waals surface area contributed by atoms with Crippen molar-refractivity contribution in [2.45, 2.75) is 46.0 Å². The van der Waals surface area contributed by atoms with Gasteiger partial charge in [0.1, 0.15) is 0 Å². The number of nitrogens with zero attached hydrogens (tertiary/aromatic N) is 1. The molecular formula is C17H28N2O. The van der Waals surface area contributed by atoms with Gasteiger partial charge in [-0.3, -0.25) is 4.79 Å². The summed E-state index contributed by atoms with van der Waals surface area (Å²) in [6.45, 7) is 10.8. The van der Waals surface area contributed by atoms with Crippen molar-refractivity contribution in [1.82, 2.24) is 4.90 Å². The maximum atomic E-state index is 12.5. The second kappa shape index (κ2) is 7.44. The average Bonchev–Trinajstić information content (AvgIpc) is 2.42. The van der Waals surface area contributed by atoms with Crippen LogP contribution in [-0.4, -0.2) is 30.4 Å². The van der Waals surface area contributed by atoms with Gasteiger partial charge in [0.2, 0.25) is 0 Å². The molecule has 1 aromatic rings. The normalized spacial score (nSPS) is 11.4. The van der Waals surface area contributed by atoms with Crippen LogP contribution in [0.1, 0.15) is 56.5 Å². The van der Waals surface area contributed by atoms with E-state index in [1.54, 1.807) is 0 Å². The minimum atomic E-state index is 0.112. The van der Waals surface area contributed by atoms with E-state index in [0.717, 1.165) is 31.5 Å². The first-order valence-electron chi connectivity index (χ1n) is 7.50. The van der Waals surface area contributed by atoms with E-state index in [2.05, 4.69) is 39.8 Å². The first-order valence-corrected chi connectivity index (χ1v) is 7.50. The molecule has 0 radical (unpaired) electrons. The van der Waals surface area contributed by atoms with E-state index in [1.165, 1.54) is 5.56 Å². The molecule has 0 unspecified atom stereocenters. The van der Waals surface area contributed by atoms with E-state index < -0.39 is 0 Å². The van der Waals surface area contributed by atoms with Gasteiger partial charge in [0.15, 0.2) is 0 Å². The number of amides is 1. The van der Waals surface area contributed by atoms with Crippen LogP contribution < -0.4 is 5.73 Å². The van der Waals surface area contributed by atoms with Gasteiger partial charge in [0.25, 0.3) is 5.91 Å². The van der Waals surface area contributed by atoms with Crippen LogP contribution in [0.4, 0.5) is 0 Å². The summed E-state index contributed by atoms with van der Waals surface area (Å²) in [5.41, 5.74) is 7.67. The number of carbonyl (C=O) groups excluding carboxylic acids is 1. The van der Waals surface area contributed by atoms with Crippen molar-refractivity contribution in [2.75, 3.05) is 19.6 Å². The number of nitrogens with two attached hydrogens (primary N) is 1. The third kappa shape index (κ3) is 4.64. The van der Waals surface area contributed by atoms with Gasteiger partial charge in [-0.15, -0.1) is 0 Å². The van der Waals surface area contributed by atoms with E-state index >= 15 is 0 Å². The molecule has 0 aliphatic rings. The van der Waals surface area contributed by atoms with Crippen molar-refractivity contribution in [1.29, 1.82) is 0 Å². The molecule has 0 aliphatic carbocycles. The molecule has 0 heterocycles. The van der Waals surface area contributed by atoms with E-state index in [1.807, 2.05) is 17.0 Å². The number of carbonyl (C=O) groups is 1. The summed E-state index contributed by atoms with van der Waals surface area (Å²) in [6, 6.07) is 7.99. The van der Waals surface area contributed by atoms with Gasteiger partial charge in [0.05, 0.1) is 0 Å². The minimum Gasteiger partial charge on any atom is -0.339 e. The highest BCUT2D eigenvalue weighted by Crippen LogP contribution is 2.22. The van der Waals surface area contributed by atoms with Gasteiger partial charge in [-0.05, 0) is 42.5 Å². The van der Waals surface area contributed by atoms with E-state index in [9.17, 15) is 4.79 Å². The molecule has 0 bridgehead atoms. The van der Waals surface area contributed by atoms with Crippen LogP contribution in [0, 0.1) is 0 Å². The van der Waals surface area contributed by atoms with E-state index in [4.69, 9.17) is 5.73 Å². The summed E-state index contributed by atoms with van der Waals surface area (Å²) < 4.78 is 0. The van der Waals surface area contributed by atoms with Crippen LogP contribution in [0.25, 0.3) is 0 Å². The van der Waals surface area contributed by atoms with Crippen LogP contribution in [0.5, 0.6) is 0 Å². The predicted molar refractivity (Wildman–Crippen MR) is 85.0 cm³/mol. The highest BCUT2D eigenvalue weighted by Gasteiger charge is 2.17. The molecule has 2 N–H and O–H groups in total. The zero-order valence-electron chi connectivity index (χ0n) is 13.3. The van der Waals surface area contributed by atoms with E-state index in [-0.39, 0.29) is 11.3 Å². The zero-order valence-corrected chi connectivity index (χ0v) is 13.3. The van der Waals surface area contributed by atoms with Crippen molar-refractivity contribution in [3.05, 3.63) is 35.4 Å². The molecule has 3 heteroatoms. The fourth-order valence-corrected chi connectivity index (χ4v) is 2.16. The van der Waals surface area contributed by atoms with Gasteiger partial charge in [-0.25, -0.2) is 0 Å². The standard InChI is InChI=1S/C17H28N2O/c1-5-12-19(13-6-11-18)16(20)14-7-9-15(10-8-14)17(2,3)4/h7-10H,5-6,11-13,18H2,1-4H3. The maximum Gasteiger partial charge on any atom is 0.253 e. The average molecular weight is 276 g/mol. The lowest BCUT2D eigenvalue weighted by atomic mass is 9.86. The number of rotatable bonds is 6. The van der Waals surface area contributed by atoms with E-state index in [0.29, 0.717) is 6.54 Å². The largest absolute Gasteiger partial charge is 0.339 e. The Balaban J connectivity index is 2.83. The van der Waals surface area contributed by atoms with Gasteiger partial charge in [-0.2, -0.15) is 0 Å². The lowest BCUT2D eigenvalue weighted by Crippen LogP contribution is -2.33. The van der Waals surface area contributed by atoms with Gasteiger partial charge in [-0.1, -0.05) is 39.8 Å². The van der Waals surface area contributed by atoms with Crippen molar-refractivity contribution >= 4 is 5.91 Å². The first kappa shape index (κ1) is 16.7. The summed E-state index contributed by atoms with van der Waals surface area (Å²) >= 11 is 0. The molecule has 20 heavy (non-hydrogen) atoms. The molecule has 0 aliphatic heterocycles. The highest BCUT2D eigenvalue weighted by atomic mass is 16.2. The summed E-state index contributed by atoms with van der Waals surface area (Å²) in [4.78, 5) is 14.4. The van der Waals surface area contributed by atoms with Crippen LogP contribution in [0.3, 0.4) is 0 Å². The third-order valence-electron chi connectivity index (χ3n) is 3.41. The molecule has 0 aromatic heterocycles. The molecule has 1 rings (SSSR count). The minimum absolute atomic E-state index is 0.112. The van der Waals surface area contributed by atoms with Crippen LogP contribution >= 0.6 is 0 Å². The molecular weight excluding hydrogens is 248 g/mol. The SMILES string of the molecule is CCCN(CCCN)C(=O)c1ccc(C(C)(C)C)cc1. The molecule has 1 amide bonds. The van der Waals surface area contributed by atoms with Crippen molar-refractivity contribution in [3.63, 3.8) is 0 Å². The second-order valence-corrected chi connectivity index (χ2v) is 6.26. The van der Waals surface area contributed by atoms with Crippen molar-refractivity contribution in [2.24, 2.45) is 5.73 Å². The maximum absolute atomic E-state index is 12.5. The Kier molecular flexibility index (Phi) is 6.21. The molecule has 0 atom stereocenters. The molecule has 0 spiro atoms. The van der Waals surface area contributed by atoms with Gasteiger partial charge >= 0.3 is 0 Å². The lowest BCUT2D eigenvalue weighted by molar-refractivity contribution is 0.0754. The fourth-order valence-electron chi connectivity index (χ4n) is 2.16. The Morgan fingerprint density at radius 2 is 1.75 bits per heavy atom. The summed E-state index contributed by atoms with van der Waals surface area (Å²) in [6.07, 6.45) is 1.82. The third-order valence-corrected chi connectivity index (χ3v) is 3.41.